The smallest absolute Gasteiger partial charge is 0.267 e. The fourth-order valence-corrected chi connectivity index (χ4v) is 3.67. The van der Waals surface area contributed by atoms with Crippen molar-refractivity contribution in [1.29, 1.82) is 0 Å². The molecule has 3 rings (SSSR count). The Labute approximate surface area is 170 Å². The van der Waals surface area contributed by atoms with Crippen molar-refractivity contribution in [2.45, 2.75) is 13.3 Å². The second-order valence-corrected chi connectivity index (χ2v) is 7.54. The minimum atomic E-state index is -0.659. The topological polar surface area (TPSA) is 92.6 Å². The van der Waals surface area contributed by atoms with Crippen LogP contribution in [0.1, 0.15) is 28.4 Å². The number of non-ortho nitro benzene ring substituents is 1. The maximum absolute atomic E-state index is 12.6. The number of aryl methyl sites for hydroxylation is 1. The predicted molar refractivity (Wildman–Crippen MR) is 111 cm³/mol. The van der Waals surface area contributed by atoms with Crippen LogP contribution in [-0.2, 0) is 11.2 Å². The normalized spacial score (nSPS) is 15.2. The molecule has 1 heterocycles. The van der Waals surface area contributed by atoms with Crippen LogP contribution in [0.4, 0.5) is 5.69 Å². The third-order valence-corrected chi connectivity index (χ3v) is 5.31. The van der Waals surface area contributed by atoms with Crippen molar-refractivity contribution in [3.8, 4) is 0 Å². The number of hydrogen-bond donors (Lipinski definition) is 1. The molecule has 0 radical (unpaired) electrons. The summed E-state index contributed by atoms with van der Waals surface area (Å²) in [6.07, 6.45) is 2.63. The van der Waals surface area contributed by atoms with E-state index in [9.17, 15) is 19.7 Å². The van der Waals surface area contributed by atoms with Gasteiger partial charge < -0.3 is 0 Å². The average Bonchev–Trinajstić information content (AvgIpc) is 2.96. The summed E-state index contributed by atoms with van der Waals surface area (Å²) < 4.78 is 0.181. The van der Waals surface area contributed by atoms with E-state index in [0.717, 1.165) is 34.8 Å². The number of thioether (sulfide) groups is 1. The number of hydrogen-bond acceptors (Lipinski definition) is 6. The van der Waals surface area contributed by atoms with Crippen LogP contribution < -0.4 is 5.43 Å². The van der Waals surface area contributed by atoms with Crippen LogP contribution >= 0.6 is 24.0 Å². The first-order valence-electron chi connectivity index (χ1n) is 8.31. The SMILES string of the molecule is CCc1ccc(/C=C2/SC(=S)N(NC(=O)c3cccc([N+](=O)[O-])c3)C2=O)cc1. The fourth-order valence-electron chi connectivity index (χ4n) is 2.49. The number of benzene rings is 2. The van der Waals surface area contributed by atoms with Crippen LogP contribution in [0.2, 0.25) is 0 Å². The molecule has 2 aromatic carbocycles. The molecule has 0 spiro atoms. The lowest BCUT2D eigenvalue weighted by Gasteiger charge is -2.15. The molecule has 1 aliphatic rings. The molecule has 0 bridgehead atoms. The quantitative estimate of drug-likeness (QED) is 0.348. The average molecular weight is 413 g/mol. The number of amides is 2. The van der Waals surface area contributed by atoms with Gasteiger partial charge in [-0.25, -0.2) is 0 Å². The standard InChI is InChI=1S/C19H15N3O4S2/c1-2-12-6-8-13(9-7-12)10-16-18(24)21(19(27)28-16)20-17(23)14-4-3-5-15(11-14)22(25)26/h3-11H,2H2,1H3,(H,20,23)/b16-10+. The summed E-state index contributed by atoms with van der Waals surface area (Å²) in [5, 5.41) is 11.8. The maximum atomic E-state index is 12.6. The van der Waals surface area contributed by atoms with E-state index in [4.69, 9.17) is 12.2 Å². The summed E-state index contributed by atoms with van der Waals surface area (Å²) in [4.78, 5) is 35.6. The Morgan fingerprint density at radius 3 is 2.64 bits per heavy atom. The fraction of sp³-hybridized carbons (Fsp3) is 0.105. The summed E-state index contributed by atoms with van der Waals surface area (Å²) >= 11 is 6.27. The van der Waals surface area contributed by atoms with Gasteiger partial charge in [0.15, 0.2) is 4.32 Å². The summed E-state index contributed by atoms with van der Waals surface area (Å²) in [7, 11) is 0. The van der Waals surface area contributed by atoms with Crippen molar-refractivity contribution in [2.75, 3.05) is 0 Å². The number of carbonyl (C=O) groups excluding carboxylic acids is 2. The van der Waals surface area contributed by atoms with Crippen molar-refractivity contribution >= 4 is 51.9 Å². The van der Waals surface area contributed by atoms with Gasteiger partial charge in [-0.3, -0.25) is 25.1 Å². The Hall–Kier alpha value is -3.04. The Kier molecular flexibility index (Phi) is 5.86. The van der Waals surface area contributed by atoms with Crippen LogP contribution in [0.25, 0.3) is 6.08 Å². The van der Waals surface area contributed by atoms with Crippen molar-refractivity contribution in [2.24, 2.45) is 0 Å². The second kappa shape index (κ2) is 8.32. The van der Waals surface area contributed by atoms with E-state index in [-0.39, 0.29) is 15.6 Å². The minimum absolute atomic E-state index is 0.0578. The highest BCUT2D eigenvalue weighted by molar-refractivity contribution is 8.26. The summed E-state index contributed by atoms with van der Waals surface area (Å²) in [6.45, 7) is 2.06. The molecule has 7 nitrogen and oxygen atoms in total. The molecular weight excluding hydrogens is 398 g/mol. The Morgan fingerprint density at radius 1 is 1.29 bits per heavy atom. The van der Waals surface area contributed by atoms with Crippen LogP contribution in [0.3, 0.4) is 0 Å². The number of thiocarbonyl (C=S) groups is 1. The summed E-state index contributed by atoms with van der Waals surface area (Å²) in [5.41, 5.74) is 4.30. The summed E-state index contributed by atoms with van der Waals surface area (Å²) in [6, 6.07) is 13.0. The largest absolute Gasteiger partial charge is 0.285 e. The van der Waals surface area contributed by atoms with Gasteiger partial charge in [0.1, 0.15) is 0 Å². The third-order valence-electron chi connectivity index (χ3n) is 4.01. The molecule has 1 fully saturated rings. The highest BCUT2D eigenvalue weighted by atomic mass is 32.2. The van der Waals surface area contributed by atoms with Gasteiger partial charge in [0, 0.05) is 17.7 Å². The van der Waals surface area contributed by atoms with E-state index >= 15 is 0 Å². The number of carbonyl (C=O) groups is 2. The summed E-state index contributed by atoms with van der Waals surface area (Å²) in [5.74, 6) is -1.11. The first-order valence-corrected chi connectivity index (χ1v) is 9.54. The minimum Gasteiger partial charge on any atom is -0.267 e. The van der Waals surface area contributed by atoms with Crippen LogP contribution in [0.5, 0.6) is 0 Å². The molecule has 1 N–H and O–H groups in total. The van der Waals surface area contributed by atoms with E-state index in [1.165, 1.54) is 23.8 Å². The number of hydrazine groups is 1. The number of rotatable bonds is 5. The molecule has 0 atom stereocenters. The molecule has 142 valence electrons. The molecule has 9 heteroatoms. The Balaban J connectivity index is 1.76. The zero-order valence-electron chi connectivity index (χ0n) is 14.7. The first-order chi connectivity index (χ1) is 13.4. The molecule has 0 unspecified atom stereocenters. The van der Waals surface area contributed by atoms with E-state index < -0.39 is 16.7 Å². The molecule has 0 saturated carbocycles. The molecule has 0 aromatic heterocycles. The molecule has 1 saturated heterocycles. The number of nitrogens with one attached hydrogen (secondary N) is 1. The van der Waals surface area contributed by atoms with Gasteiger partial charge in [-0.1, -0.05) is 49.0 Å². The van der Waals surface area contributed by atoms with Gasteiger partial charge in [-0.2, -0.15) is 5.01 Å². The zero-order valence-corrected chi connectivity index (χ0v) is 16.4. The van der Waals surface area contributed by atoms with Gasteiger partial charge in [0.05, 0.1) is 9.83 Å². The van der Waals surface area contributed by atoms with E-state index in [0.29, 0.717) is 4.91 Å². The zero-order chi connectivity index (χ0) is 20.3. The van der Waals surface area contributed by atoms with Crippen molar-refractivity contribution < 1.29 is 14.5 Å². The van der Waals surface area contributed by atoms with E-state index in [1.807, 2.05) is 24.3 Å². The van der Waals surface area contributed by atoms with Gasteiger partial charge in [-0.05, 0) is 41.9 Å². The van der Waals surface area contributed by atoms with E-state index in [1.54, 1.807) is 6.08 Å². The molecule has 0 aliphatic carbocycles. The molecular formula is C19H15N3O4S2. The number of nitro groups is 1. The monoisotopic (exact) mass is 413 g/mol. The van der Waals surface area contributed by atoms with Crippen molar-refractivity contribution in [3.05, 3.63) is 80.2 Å². The Bertz CT molecular complexity index is 1000. The van der Waals surface area contributed by atoms with E-state index in [2.05, 4.69) is 12.3 Å². The number of nitrogens with zero attached hydrogens (tertiary/aromatic N) is 2. The Morgan fingerprint density at radius 2 is 2.00 bits per heavy atom. The van der Waals surface area contributed by atoms with Gasteiger partial charge in [0.2, 0.25) is 0 Å². The molecule has 2 aromatic rings. The van der Waals surface area contributed by atoms with Crippen LogP contribution in [0.15, 0.2) is 53.4 Å². The maximum Gasteiger partial charge on any atom is 0.285 e. The van der Waals surface area contributed by atoms with Gasteiger partial charge in [0.25, 0.3) is 17.5 Å². The molecule has 1 aliphatic heterocycles. The highest BCUT2D eigenvalue weighted by Gasteiger charge is 2.33. The molecule has 2 amide bonds. The van der Waals surface area contributed by atoms with Crippen molar-refractivity contribution in [3.63, 3.8) is 0 Å². The highest BCUT2D eigenvalue weighted by Crippen LogP contribution is 2.31. The van der Waals surface area contributed by atoms with Crippen LogP contribution in [0, 0.1) is 10.1 Å². The number of nitro benzene ring substituents is 1. The molecule has 28 heavy (non-hydrogen) atoms. The lowest BCUT2D eigenvalue weighted by atomic mass is 10.1. The van der Waals surface area contributed by atoms with Crippen molar-refractivity contribution in [1.82, 2.24) is 10.4 Å². The lowest BCUT2D eigenvalue weighted by molar-refractivity contribution is -0.384. The van der Waals surface area contributed by atoms with Gasteiger partial charge in [-0.15, -0.1) is 0 Å². The second-order valence-electron chi connectivity index (χ2n) is 5.86. The first kappa shape index (κ1) is 19.7. The third kappa shape index (κ3) is 4.26. The van der Waals surface area contributed by atoms with Gasteiger partial charge >= 0.3 is 0 Å². The lowest BCUT2D eigenvalue weighted by Crippen LogP contribution is -2.44. The van der Waals surface area contributed by atoms with Crippen LogP contribution in [-0.4, -0.2) is 26.1 Å². The predicted octanol–water partition coefficient (Wildman–Crippen LogP) is 3.70.